The van der Waals surface area contributed by atoms with E-state index >= 15 is 0 Å². The molecule has 0 aromatic rings. The van der Waals surface area contributed by atoms with Crippen molar-refractivity contribution in [3.63, 3.8) is 0 Å². The minimum atomic E-state index is -8.23. The molecule has 0 N–H and O–H groups in total. The first-order valence-electron chi connectivity index (χ1n) is 6.71. The van der Waals surface area contributed by atoms with Crippen LogP contribution in [0.5, 0.6) is 0 Å². The lowest BCUT2D eigenvalue weighted by molar-refractivity contribution is -0.567. The molecule has 0 aliphatic rings. The molecule has 0 radical (unpaired) electrons. The lowest BCUT2D eigenvalue weighted by Crippen LogP contribution is -2.65. The molecule has 0 aliphatic carbocycles. The van der Waals surface area contributed by atoms with Crippen molar-refractivity contribution in [3.8, 4) is 0 Å². The van der Waals surface area contributed by atoms with Crippen molar-refractivity contribution < 1.29 is 107 Å². The maximum atomic E-state index is 13.0. The van der Waals surface area contributed by atoms with Gasteiger partial charge in [-0.1, -0.05) is 0 Å². The molecule has 204 valence electrons. The largest absolute Gasteiger partial charge is 0.460 e. The molecule has 0 unspecified atom stereocenters. The minimum absolute atomic E-state index is 1.08. The Morgan fingerprint density at radius 1 is 0.412 bits per heavy atom. The molecule has 4 nitrogen and oxygen atoms in total. The van der Waals surface area contributed by atoms with Gasteiger partial charge in [-0.25, -0.2) is 14.2 Å². The monoisotopic (exact) mass is 564 g/mol. The van der Waals surface area contributed by atoms with E-state index < -0.39 is 60.7 Å². The van der Waals surface area contributed by atoms with Crippen molar-refractivity contribution >= 4 is 6.04 Å². The van der Waals surface area contributed by atoms with Crippen LogP contribution in [0.3, 0.4) is 0 Å². The van der Waals surface area contributed by atoms with Crippen LogP contribution in [0.15, 0.2) is 0 Å². The van der Waals surface area contributed by atoms with Crippen molar-refractivity contribution in [3.05, 3.63) is 0 Å². The van der Waals surface area contributed by atoms with E-state index in [2.05, 4.69) is 0 Å². The fourth-order valence-electron chi connectivity index (χ4n) is 1.19. The number of halogens is 20. The summed E-state index contributed by atoms with van der Waals surface area (Å²) >= 11 is 0. The summed E-state index contributed by atoms with van der Waals surface area (Å²) in [5.74, 6) is -16.3. The van der Waals surface area contributed by atoms with Crippen molar-refractivity contribution in [1.82, 2.24) is 0 Å². The Balaban J connectivity index is 6.11. The number of carbonyl (C=O) groups excluding carboxylic acids is 1. The predicted molar refractivity (Wildman–Crippen MR) is 55.0 cm³/mol. The Labute approximate surface area is 169 Å². The van der Waals surface area contributed by atoms with Gasteiger partial charge < -0.3 is 0 Å². The van der Waals surface area contributed by atoms with Gasteiger partial charge in [0.1, 0.15) is 0 Å². The Morgan fingerprint density at radius 3 is 0.941 bits per heavy atom. The van der Waals surface area contributed by atoms with E-state index in [4.69, 9.17) is 0 Å². The third-order valence-electron chi connectivity index (χ3n) is 2.79. The molecular formula is C10F20O4. The summed E-state index contributed by atoms with van der Waals surface area (Å²) in [6.07, 6.45) is -53.4. The van der Waals surface area contributed by atoms with Gasteiger partial charge in [-0.15, -0.1) is 0 Å². The normalized spacial score (nSPS) is 16.1. The summed E-state index contributed by atoms with van der Waals surface area (Å²) in [5.41, 5.74) is 0. The highest BCUT2D eigenvalue weighted by atomic mass is 19.4. The average molecular weight is 564 g/mol. The van der Waals surface area contributed by atoms with Gasteiger partial charge in [-0.3, -0.25) is 4.79 Å². The highest BCUT2D eigenvalue weighted by molar-refractivity contribution is 5.74. The van der Waals surface area contributed by atoms with Crippen molar-refractivity contribution in [2.24, 2.45) is 0 Å². The number of ether oxygens (including phenoxy) is 3. The Bertz CT molecular complexity index is 753. The Morgan fingerprint density at radius 2 is 0.676 bits per heavy atom. The molecule has 0 aliphatic heterocycles. The van der Waals surface area contributed by atoms with E-state index in [-0.39, 0.29) is 0 Å². The molecule has 34 heavy (non-hydrogen) atoms. The standard InChI is InChI=1S/C10F20O4/c11-1(31)2(12,13)32-7(23,24)8(25,26)34-10(29,30)9(27,28)33-6(21,22)4(16,17)3(14,15)5(18,19)20. The molecule has 0 bridgehead atoms. The van der Waals surface area contributed by atoms with Gasteiger partial charge in [-0.2, -0.15) is 87.8 Å². The molecule has 0 fully saturated rings. The number of rotatable bonds is 11. The SMILES string of the molecule is O=C(F)C(F)(F)OC(F)(F)C(F)(F)OC(F)(F)C(F)(F)OC(F)(F)C(F)(F)C(F)(F)C(F)(F)F. The van der Waals surface area contributed by atoms with Crippen LogP contribution in [0.2, 0.25) is 0 Å². The highest BCUT2D eigenvalue weighted by Gasteiger charge is 2.85. The maximum Gasteiger partial charge on any atom is 0.460 e. The molecular weight excluding hydrogens is 564 g/mol. The van der Waals surface area contributed by atoms with Crippen molar-refractivity contribution in [1.29, 1.82) is 0 Å². The zero-order chi connectivity index (χ0) is 28.2. The number of alkyl halides is 19. The maximum absolute atomic E-state index is 13.0. The second kappa shape index (κ2) is 8.37. The Kier molecular flexibility index (Phi) is 7.92. The van der Waals surface area contributed by atoms with E-state index in [1.54, 1.807) is 0 Å². The van der Waals surface area contributed by atoms with Crippen LogP contribution in [0, 0.1) is 0 Å². The van der Waals surface area contributed by atoms with Gasteiger partial charge in [-0.05, 0) is 0 Å². The summed E-state index contributed by atoms with van der Waals surface area (Å²) in [4.78, 5) is 9.57. The molecule has 24 heteroatoms. The third-order valence-corrected chi connectivity index (χ3v) is 2.79. The lowest BCUT2D eigenvalue weighted by Gasteiger charge is -2.37. The van der Waals surface area contributed by atoms with Gasteiger partial charge in [0.05, 0.1) is 0 Å². The van der Waals surface area contributed by atoms with Crippen molar-refractivity contribution in [2.45, 2.75) is 54.7 Å². The summed E-state index contributed by atoms with van der Waals surface area (Å²) in [7, 11) is 0. The molecule has 0 spiro atoms. The fourth-order valence-corrected chi connectivity index (χ4v) is 1.19. The molecule has 0 rings (SSSR count). The van der Waals surface area contributed by atoms with Crippen LogP contribution in [0.4, 0.5) is 87.8 Å². The molecule has 0 heterocycles. The first-order valence-corrected chi connectivity index (χ1v) is 6.71. The van der Waals surface area contributed by atoms with E-state index in [1.165, 1.54) is 9.47 Å². The minimum Gasteiger partial charge on any atom is -0.251 e. The molecule has 0 saturated carbocycles. The predicted octanol–water partition coefficient (Wildman–Crippen LogP) is 5.92. The number of hydrogen-bond acceptors (Lipinski definition) is 4. The summed E-state index contributed by atoms with van der Waals surface area (Å²) in [6.45, 7) is 0. The van der Waals surface area contributed by atoms with E-state index in [9.17, 15) is 92.6 Å². The summed E-state index contributed by atoms with van der Waals surface area (Å²) in [6, 6.07) is -4.34. The number of hydrogen-bond donors (Lipinski definition) is 0. The lowest BCUT2D eigenvalue weighted by atomic mass is 10.1. The molecule has 0 aromatic heterocycles. The Hall–Kier alpha value is -1.85. The number of carbonyl (C=O) groups is 1. The molecule has 0 amide bonds. The van der Waals surface area contributed by atoms with Crippen LogP contribution in [-0.2, 0) is 19.0 Å². The highest BCUT2D eigenvalue weighted by Crippen LogP contribution is 2.56. The average Bonchev–Trinajstić information content (AvgIpc) is 2.49. The van der Waals surface area contributed by atoms with Crippen LogP contribution < -0.4 is 0 Å². The third kappa shape index (κ3) is 5.68. The van der Waals surface area contributed by atoms with E-state index in [0.717, 1.165) is 4.74 Å². The van der Waals surface area contributed by atoms with E-state index in [0.29, 0.717) is 0 Å². The fraction of sp³-hybridized carbons (Fsp3) is 0.900. The van der Waals surface area contributed by atoms with Gasteiger partial charge >= 0.3 is 60.7 Å². The zero-order valence-electron chi connectivity index (χ0n) is 14.2. The van der Waals surface area contributed by atoms with Gasteiger partial charge in [0.2, 0.25) is 0 Å². The first kappa shape index (κ1) is 32.1. The second-order valence-corrected chi connectivity index (χ2v) is 5.33. The van der Waals surface area contributed by atoms with Crippen LogP contribution in [-0.4, -0.2) is 60.7 Å². The van der Waals surface area contributed by atoms with Crippen LogP contribution in [0.1, 0.15) is 0 Å². The second-order valence-electron chi connectivity index (χ2n) is 5.33. The van der Waals surface area contributed by atoms with E-state index in [1.807, 2.05) is 0 Å². The zero-order valence-corrected chi connectivity index (χ0v) is 14.2. The van der Waals surface area contributed by atoms with Gasteiger partial charge in [0, 0.05) is 0 Å². The summed E-state index contributed by atoms with van der Waals surface area (Å²) in [5, 5.41) is 0. The quantitative estimate of drug-likeness (QED) is 0.231. The molecule has 0 aromatic carbocycles. The smallest absolute Gasteiger partial charge is 0.251 e. The molecule has 0 saturated heterocycles. The van der Waals surface area contributed by atoms with Crippen molar-refractivity contribution in [2.75, 3.05) is 0 Å². The first-order chi connectivity index (χ1) is 14.3. The molecule has 0 atom stereocenters. The van der Waals surface area contributed by atoms with Gasteiger partial charge in [0.25, 0.3) is 0 Å². The summed E-state index contributed by atoms with van der Waals surface area (Å²) < 4.78 is 255. The topological polar surface area (TPSA) is 44.8 Å². The van der Waals surface area contributed by atoms with Gasteiger partial charge in [0.15, 0.2) is 0 Å². The van der Waals surface area contributed by atoms with Crippen LogP contribution >= 0.6 is 0 Å². The van der Waals surface area contributed by atoms with Crippen LogP contribution in [0.25, 0.3) is 0 Å².